The maximum absolute atomic E-state index is 12.7. The number of rotatable bonds is 7. The third kappa shape index (κ3) is 5.33. The van der Waals surface area contributed by atoms with E-state index in [2.05, 4.69) is 31.1 Å². The maximum atomic E-state index is 12.7. The average molecular weight is 490 g/mol. The molecule has 11 heteroatoms. The Labute approximate surface area is 207 Å². The molecule has 0 aliphatic heterocycles. The van der Waals surface area contributed by atoms with E-state index in [0.717, 1.165) is 16.8 Å². The van der Waals surface area contributed by atoms with Crippen LogP contribution in [-0.4, -0.2) is 44.9 Å². The highest BCUT2D eigenvalue weighted by atomic mass is 16.5. The summed E-state index contributed by atoms with van der Waals surface area (Å²) in [5.74, 6) is -0.310. The molecule has 2 unspecified atom stereocenters. The number of aldehydes is 1. The molecule has 1 N–H and O–H groups in total. The van der Waals surface area contributed by atoms with Crippen LogP contribution in [0.2, 0.25) is 0 Å². The molecule has 0 aliphatic carbocycles. The SMILES string of the molecule is CNc1cnoc1.COc1c(C=O)nc(C(C)C(c2cnn(C)c2)c2ccccc2C#N)n(C)c1=O. The molecule has 0 saturated heterocycles. The quantitative estimate of drug-likeness (QED) is 0.388. The minimum atomic E-state index is -0.440. The summed E-state index contributed by atoms with van der Waals surface area (Å²) in [5, 5.41) is 20.2. The highest BCUT2D eigenvalue weighted by Crippen LogP contribution is 2.38. The molecule has 186 valence electrons. The lowest BCUT2D eigenvalue weighted by molar-refractivity contribution is 0.111. The van der Waals surface area contributed by atoms with E-state index in [1.165, 1.54) is 11.7 Å². The van der Waals surface area contributed by atoms with Gasteiger partial charge in [-0.25, -0.2) is 4.98 Å². The predicted molar refractivity (Wildman–Crippen MR) is 132 cm³/mol. The summed E-state index contributed by atoms with van der Waals surface area (Å²) in [5.41, 5.74) is 2.62. The van der Waals surface area contributed by atoms with Crippen LogP contribution < -0.4 is 15.6 Å². The highest BCUT2D eigenvalue weighted by molar-refractivity contribution is 5.76. The number of carbonyl (C=O) groups is 1. The summed E-state index contributed by atoms with van der Waals surface area (Å²) in [6, 6.07) is 9.54. The molecule has 4 rings (SSSR count). The van der Waals surface area contributed by atoms with Gasteiger partial charge in [0, 0.05) is 39.2 Å². The van der Waals surface area contributed by atoms with Crippen LogP contribution in [-0.2, 0) is 14.1 Å². The number of anilines is 1. The molecule has 0 spiro atoms. The van der Waals surface area contributed by atoms with Gasteiger partial charge in [-0.3, -0.25) is 18.8 Å². The number of carbonyl (C=O) groups excluding carboxylic acids is 1. The smallest absolute Gasteiger partial charge is 0.296 e. The molecule has 4 aromatic rings. The van der Waals surface area contributed by atoms with E-state index >= 15 is 0 Å². The Morgan fingerprint density at radius 3 is 2.53 bits per heavy atom. The first kappa shape index (κ1) is 25.9. The standard InChI is InChI=1S/C21H21N5O3.C4H6N2O/c1-13(20-24-17(12-27)19(29-4)21(28)26(20)3)18(15-10-23-25(2)11-15)16-8-6-5-7-14(16)9-22;1-5-4-2-6-7-3-4/h5-8,10-13,18H,1-4H3;2-3,5H,1H3. The Kier molecular flexibility index (Phi) is 8.35. The van der Waals surface area contributed by atoms with E-state index < -0.39 is 5.56 Å². The molecule has 3 aromatic heterocycles. The number of aryl methyl sites for hydroxylation is 1. The van der Waals surface area contributed by atoms with Crippen LogP contribution >= 0.6 is 0 Å². The van der Waals surface area contributed by atoms with Crippen molar-refractivity contribution < 1.29 is 14.1 Å². The number of nitriles is 1. The summed E-state index contributed by atoms with van der Waals surface area (Å²) in [6.07, 6.45) is 7.27. The lowest BCUT2D eigenvalue weighted by Gasteiger charge is -2.26. The van der Waals surface area contributed by atoms with Crippen molar-refractivity contribution in [1.82, 2.24) is 24.5 Å². The first-order valence-corrected chi connectivity index (χ1v) is 11.0. The molecule has 1 aromatic carbocycles. The molecule has 0 amide bonds. The van der Waals surface area contributed by atoms with Crippen LogP contribution in [0.3, 0.4) is 0 Å². The Morgan fingerprint density at radius 2 is 2.00 bits per heavy atom. The third-order valence-electron chi connectivity index (χ3n) is 5.75. The largest absolute Gasteiger partial charge is 0.489 e. The number of nitrogens with zero attached hydrogens (tertiary/aromatic N) is 6. The van der Waals surface area contributed by atoms with E-state index in [0.29, 0.717) is 17.7 Å². The van der Waals surface area contributed by atoms with E-state index in [1.54, 1.807) is 42.5 Å². The second-order valence-electron chi connectivity index (χ2n) is 7.95. The van der Waals surface area contributed by atoms with Gasteiger partial charge < -0.3 is 14.6 Å². The third-order valence-corrected chi connectivity index (χ3v) is 5.75. The monoisotopic (exact) mass is 489 g/mol. The van der Waals surface area contributed by atoms with Crippen LogP contribution in [0.15, 0.2) is 58.4 Å². The number of methoxy groups -OCH3 is 1. The van der Waals surface area contributed by atoms with Crippen molar-refractivity contribution in [2.24, 2.45) is 14.1 Å². The molecule has 0 fully saturated rings. The van der Waals surface area contributed by atoms with Crippen LogP contribution in [0.5, 0.6) is 5.75 Å². The zero-order valence-corrected chi connectivity index (χ0v) is 20.7. The summed E-state index contributed by atoms with van der Waals surface area (Å²) in [6.45, 7) is 1.91. The van der Waals surface area contributed by atoms with Crippen molar-refractivity contribution in [3.05, 3.63) is 87.7 Å². The minimum absolute atomic E-state index is 0.0454. The zero-order valence-electron chi connectivity index (χ0n) is 20.7. The van der Waals surface area contributed by atoms with Crippen molar-refractivity contribution in [3.63, 3.8) is 0 Å². The molecule has 3 heterocycles. The van der Waals surface area contributed by atoms with E-state index in [9.17, 15) is 14.9 Å². The summed E-state index contributed by atoms with van der Waals surface area (Å²) in [7, 11) is 6.55. The Balaban J connectivity index is 0.000000444. The van der Waals surface area contributed by atoms with Crippen molar-refractivity contribution in [2.75, 3.05) is 19.5 Å². The molecule has 11 nitrogen and oxygen atoms in total. The topological polar surface area (TPSA) is 141 Å². The van der Waals surface area contributed by atoms with Crippen molar-refractivity contribution >= 4 is 12.0 Å². The van der Waals surface area contributed by atoms with Crippen molar-refractivity contribution in [3.8, 4) is 11.8 Å². The Morgan fingerprint density at radius 1 is 1.25 bits per heavy atom. The zero-order chi connectivity index (χ0) is 26.2. The Hall–Kier alpha value is -4.72. The number of ether oxygens (including phenoxy) is 1. The van der Waals surface area contributed by atoms with Crippen LogP contribution in [0.1, 0.15) is 51.8 Å². The second-order valence-corrected chi connectivity index (χ2v) is 7.95. The van der Waals surface area contributed by atoms with E-state index in [1.807, 2.05) is 39.3 Å². The molecule has 0 saturated carbocycles. The minimum Gasteiger partial charge on any atom is -0.489 e. The van der Waals surface area contributed by atoms with Crippen LogP contribution in [0.4, 0.5) is 5.69 Å². The summed E-state index contributed by atoms with van der Waals surface area (Å²) < 4.78 is 12.6. The number of aromatic nitrogens is 5. The fraction of sp³-hybridized carbons (Fsp3) is 0.280. The number of nitrogens with one attached hydrogen (secondary N) is 1. The molecular formula is C25H27N7O4. The second kappa shape index (κ2) is 11.6. The van der Waals surface area contributed by atoms with Crippen molar-refractivity contribution in [2.45, 2.75) is 18.8 Å². The highest BCUT2D eigenvalue weighted by Gasteiger charge is 2.30. The lowest BCUT2D eigenvalue weighted by Crippen LogP contribution is -2.28. The molecule has 0 radical (unpaired) electrons. The number of hydrogen-bond donors (Lipinski definition) is 1. The summed E-state index contributed by atoms with van der Waals surface area (Å²) in [4.78, 5) is 28.6. The molecule has 0 aliphatic rings. The van der Waals surface area contributed by atoms with Gasteiger partial charge in [-0.05, 0) is 17.2 Å². The molecular weight excluding hydrogens is 462 g/mol. The van der Waals surface area contributed by atoms with Gasteiger partial charge in [0.2, 0.25) is 5.75 Å². The van der Waals surface area contributed by atoms with Gasteiger partial charge in [0.15, 0.2) is 12.0 Å². The number of benzene rings is 1. The van der Waals surface area contributed by atoms with Gasteiger partial charge in [0.1, 0.15) is 12.1 Å². The average Bonchev–Trinajstić information content (AvgIpc) is 3.58. The van der Waals surface area contributed by atoms with Crippen LogP contribution in [0, 0.1) is 11.3 Å². The first-order chi connectivity index (χ1) is 17.4. The van der Waals surface area contributed by atoms with Gasteiger partial charge in [-0.1, -0.05) is 30.3 Å². The molecule has 0 bridgehead atoms. The molecule has 36 heavy (non-hydrogen) atoms. The van der Waals surface area contributed by atoms with Gasteiger partial charge in [-0.15, -0.1) is 0 Å². The van der Waals surface area contributed by atoms with Gasteiger partial charge in [-0.2, -0.15) is 10.4 Å². The molecule has 2 atom stereocenters. The normalized spacial score (nSPS) is 12.0. The van der Waals surface area contributed by atoms with Crippen LogP contribution in [0.25, 0.3) is 0 Å². The Bertz CT molecular complexity index is 1420. The van der Waals surface area contributed by atoms with Gasteiger partial charge >= 0.3 is 0 Å². The predicted octanol–water partition coefficient (Wildman–Crippen LogP) is 2.86. The van der Waals surface area contributed by atoms with E-state index in [-0.39, 0.29) is 23.3 Å². The number of hydrogen-bond acceptors (Lipinski definition) is 9. The fourth-order valence-corrected chi connectivity index (χ4v) is 3.98. The van der Waals surface area contributed by atoms with Gasteiger partial charge in [0.25, 0.3) is 5.56 Å². The summed E-state index contributed by atoms with van der Waals surface area (Å²) >= 11 is 0. The first-order valence-electron chi connectivity index (χ1n) is 11.0. The fourth-order valence-electron chi connectivity index (χ4n) is 3.98. The maximum Gasteiger partial charge on any atom is 0.296 e. The van der Waals surface area contributed by atoms with E-state index in [4.69, 9.17) is 4.74 Å². The van der Waals surface area contributed by atoms with Crippen molar-refractivity contribution in [1.29, 1.82) is 5.26 Å². The van der Waals surface area contributed by atoms with Gasteiger partial charge in [0.05, 0.1) is 36.8 Å². The lowest BCUT2D eigenvalue weighted by atomic mass is 9.80.